The van der Waals surface area contributed by atoms with Crippen LogP contribution >= 0.6 is 0 Å². The summed E-state index contributed by atoms with van der Waals surface area (Å²) >= 11 is 0. The van der Waals surface area contributed by atoms with E-state index < -0.39 is 28.3 Å². The highest BCUT2D eigenvalue weighted by Gasteiger charge is 2.55. The SMILES string of the molecule is COc1ccc(CN(Cc2ccc(OC)cc2)c2cc(C)c(C3CC3)c(-c3nc4c5c(nc(S(C)=O)nc5c3F)C3C[C@H]5CC[C@@H]([C@H]3[C@H](C)O4)N5C(=O)OC(C)(C)C)n2)cc1. The average molecular weight is 849 g/mol. The maximum Gasteiger partial charge on any atom is 0.410 e. The predicted octanol–water partition coefficient (Wildman–Crippen LogP) is 9.03. The molecule has 4 aliphatic rings. The molecule has 2 saturated heterocycles. The molecule has 3 fully saturated rings. The zero-order valence-electron chi connectivity index (χ0n) is 36.0. The number of amides is 1. The van der Waals surface area contributed by atoms with Crippen LogP contribution in [-0.4, -0.2) is 79.4 Å². The summed E-state index contributed by atoms with van der Waals surface area (Å²) in [7, 11) is 1.67. The summed E-state index contributed by atoms with van der Waals surface area (Å²) in [5.74, 6) is 1.52. The second-order valence-electron chi connectivity index (χ2n) is 18.0. The number of carbonyl (C=O) groups excluding carboxylic acids is 1. The number of methoxy groups -OCH3 is 2. The van der Waals surface area contributed by atoms with E-state index >= 15 is 4.39 Å². The Balaban J connectivity index is 1.19. The van der Waals surface area contributed by atoms with Gasteiger partial charge < -0.3 is 28.7 Å². The summed E-state index contributed by atoms with van der Waals surface area (Å²) < 4.78 is 54.7. The van der Waals surface area contributed by atoms with Gasteiger partial charge >= 0.3 is 6.09 Å². The average Bonchev–Trinajstić information content (AvgIpc) is 4.03. The van der Waals surface area contributed by atoms with Crippen molar-refractivity contribution < 1.29 is 32.3 Å². The summed E-state index contributed by atoms with van der Waals surface area (Å²) in [4.78, 5) is 37.7. The second kappa shape index (κ2) is 15.8. The number of aryl methyl sites for hydroxylation is 1. The van der Waals surface area contributed by atoms with Crippen molar-refractivity contribution in [1.29, 1.82) is 0 Å². The number of pyridine rings is 2. The van der Waals surface area contributed by atoms with Crippen LogP contribution in [0.25, 0.3) is 22.3 Å². The van der Waals surface area contributed by atoms with Gasteiger partial charge in [0.2, 0.25) is 11.0 Å². The lowest BCUT2D eigenvalue weighted by molar-refractivity contribution is -0.0213. The molecule has 2 unspecified atom stereocenters. The molecule has 6 heterocycles. The molecule has 14 heteroatoms. The standard InChI is InChI=1S/C47H53FN6O6S/c1-25-21-35(53(23-27-9-16-31(57-6)17-10-27)24-28-11-18-32(58-7)19-12-28)49-42(36(25)29-13-14-29)43-39(48)41-38-40(51-45(52-41)61(8)56)33-22-30-15-20-34(37(33)26(2)59-44(38)50-43)54(30)46(55)60-47(3,4)5/h9-12,16-19,21,26,29-30,33-34,37H,13-15,20,22-24H2,1-8H3/t26-,30+,33?,34-,37-,61?/m0/s1. The molecule has 0 N–H and O–H groups in total. The first-order valence-electron chi connectivity index (χ1n) is 21.2. The number of benzene rings is 2. The van der Waals surface area contributed by atoms with Crippen LogP contribution in [0.4, 0.5) is 15.0 Å². The quantitative estimate of drug-likeness (QED) is 0.125. The van der Waals surface area contributed by atoms with Gasteiger partial charge in [-0.15, -0.1) is 0 Å². The number of anilines is 1. The summed E-state index contributed by atoms with van der Waals surface area (Å²) in [5.41, 5.74) is 4.44. The van der Waals surface area contributed by atoms with E-state index in [9.17, 15) is 9.00 Å². The lowest BCUT2D eigenvalue weighted by Crippen LogP contribution is -2.55. The zero-order valence-corrected chi connectivity index (χ0v) is 36.8. The Hall–Kier alpha value is -5.37. The maximum atomic E-state index is 17.8. The highest BCUT2D eigenvalue weighted by atomic mass is 32.2. The topological polar surface area (TPSA) is 129 Å². The van der Waals surface area contributed by atoms with Crippen molar-refractivity contribution in [3.63, 3.8) is 0 Å². The van der Waals surface area contributed by atoms with Crippen LogP contribution in [0.15, 0.2) is 59.8 Å². The molecule has 61 heavy (non-hydrogen) atoms. The molecular weight excluding hydrogens is 796 g/mol. The van der Waals surface area contributed by atoms with Crippen molar-refractivity contribution in [2.45, 2.75) is 121 Å². The maximum absolute atomic E-state index is 17.8. The van der Waals surface area contributed by atoms with Gasteiger partial charge in [0.25, 0.3) is 0 Å². The monoisotopic (exact) mass is 848 g/mol. The Bertz CT molecular complexity index is 2480. The van der Waals surface area contributed by atoms with Gasteiger partial charge in [-0.1, -0.05) is 24.3 Å². The summed E-state index contributed by atoms with van der Waals surface area (Å²) in [6, 6.07) is 17.7. The first-order valence-corrected chi connectivity index (χ1v) is 22.7. The van der Waals surface area contributed by atoms with Crippen molar-refractivity contribution in [1.82, 2.24) is 24.8 Å². The van der Waals surface area contributed by atoms with E-state index in [2.05, 4.69) is 22.9 Å². The molecular formula is C47H53FN6O6S. The molecule has 2 aromatic carbocycles. The van der Waals surface area contributed by atoms with Gasteiger partial charge in [-0.25, -0.2) is 29.1 Å². The summed E-state index contributed by atoms with van der Waals surface area (Å²) in [6.45, 7) is 10.7. The first kappa shape index (κ1) is 41.0. The molecule has 6 atom stereocenters. The van der Waals surface area contributed by atoms with E-state index in [1.165, 1.54) is 6.26 Å². The Morgan fingerprint density at radius 3 is 2.13 bits per heavy atom. The highest BCUT2D eigenvalue weighted by molar-refractivity contribution is 7.84. The van der Waals surface area contributed by atoms with Gasteiger partial charge in [-0.3, -0.25) is 4.21 Å². The van der Waals surface area contributed by atoms with Crippen molar-refractivity contribution in [2.24, 2.45) is 5.92 Å². The van der Waals surface area contributed by atoms with Crippen LogP contribution in [0.5, 0.6) is 17.4 Å². The number of hydrogen-bond acceptors (Lipinski definition) is 11. The number of hydrogen-bond donors (Lipinski definition) is 0. The number of nitrogens with zero attached hydrogens (tertiary/aromatic N) is 6. The van der Waals surface area contributed by atoms with E-state index in [-0.39, 0.29) is 58.2 Å². The van der Waals surface area contributed by atoms with E-state index in [0.717, 1.165) is 59.4 Å². The van der Waals surface area contributed by atoms with Crippen molar-refractivity contribution in [2.75, 3.05) is 25.4 Å². The molecule has 1 aliphatic carbocycles. The minimum Gasteiger partial charge on any atom is -0.497 e. The lowest BCUT2D eigenvalue weighted by Gasteiger charge is -2.45. The Kier molecular flexibility index (Phi) is 10.6. The number of piperidine rings is 1. The Morgan fingerprint density at radius 1 is 0.918 bits per heavy atom. The third-order valence-corrected chi connectivity index (χ3v) is 13.3. The van der Waals surface area contributed by atoms with Crippen LogP contribution in [0.1, 0.15) is 99.6 Å². The predicted molar refractivity (Wildman–Crippen MR) is 231 cm³/mol. The van der Waals surface area contributed by atoms with E-state index in [1.54, 1.807) is 14.2 Å². The summed E-state index contributed by atoms with van der Waals surface area (Å²) in [5, 5.41) is 0.437. The highest BCUT2D eigenvalue weighted by Crippen LogP contribution is 2.54. The minimum atomic E-state index is -1.62. The first-order chi connectivity index (χ1) is 29.2. The number of halogens is 1. The number of carbonyl (C=O) groups is 1. The van der Waals surface area contributed by atoms with E-state index in [0.29, 0.717) is 42.1 Å². The fourth-order valence-corrected chi connectivity index (χ4v) is 10.3. The Morgan fingerprint density at radius 2 is 1.56 bits per heavy atom. The van der Waals surface area contributed by atoms with Crippen molar-refractivity contribution in [3.8, 4) is 28.8 Å². The molecule has 1 saturated carbocycles. The number of ether oxygens (including phenoxy) is 4. The molecule has 0 spiro atoms. The molecule has 9 rings (SSSR count). The number of rotatable bonds is 10. The molecule has 3 aliphatic heterocycles. The largest absolute Gasteiger partial charge is 0.497 e. The van der Waals surface area contributed by atoms with Crippen molar-refractivity contribution >= 4 is 33.6 Å². The molecule has 320 valence electrons. The van der Waals surface area contributed by atoms with Gasteiger partial charge in [0, 0.05) is 43.3 Å². The molecule has 3 aromatic heterocycles. The number of aromatic nitrogens is 4. The lowest BCUT2D eigenvalue weighted by atomic mass is 9.75. The molecule has 1 amide bonds. The van der Waals surface area contributed by atoms with Crippen LogP contribution < -0.4 is 19.1 Å². The van der Waals surface area contributed by atoms with Crippen molar-refractivity contribution in [3.05, 3.63) is 88.4 Å². The van der Waals surface area contributed by atoms with Gasteiger partial charge in [-0.05, 0) is 125 Å². The van der Waals surface area contributed by atoms with Gasteiger partial charge in [0.1, 0.15) is 40.2 Å². The zero-order chi connectivity index (χ0) is 42.9. The van der Waals surface area contributed by atoms with Gasteiger partial charge in [0.05, 0.1) is 41.8 Å². The molecule has 5 aromatic rings. The smallest absolute Gasteiger partial charge is 0.410 e. The molecule has 0 radical (unpaired) electrons. The molecule has 12 nitrogen and oxygen atoms in total. The normalized spacial score (nSPS) is 22.2. The van der Waals surface area contributed by atoms with Gasteiger partial charge in [0.15, 0.2) is 5.82 Å². The molecule has 2 bridgehead atoms. The third kappa shape index (κ3) is 7.76. The fourth-order valence-electron chi connectivity index (χ4n) is 9.83. The van der Waals surface area contributed by atoms with Crippen LogP contribution in [-0.2, 0) is 28.6 Å². The van der Waals surface area contributed by atoms with Crippen LogP contribution in [0.2, 0.25) is 0 Å². The Labute approximate surface area is 358 Å². The fraction of sp³-hybridized carbons (Fsp3) is 0.468. The van der Waals surface area contributed by atoms with Crippen LogP contribution in [0, 0.1) is 18.7 Å². The van der Waals surface area contributed by atoms with E-state index in [4.69, 9.17) is 33.9 Å². The minimum absolute atomic E-state index is 0.0184. The van der Waals surface area contributed by atoms with Crippen LogP contribution in [0.3, 0.4) is 0 Å². The number of fused-ring (bicyclic) bond motifs is 5. The summed E-state index contributed by atoms with van der Waals surface area (Å²) in [6.07, 6.45) is 4.79. The van der Waals surface area contributed by atoms with E-state index in [1.807, 2.05) is 81.1 Å². The second-order valence-corrected chi connectivity index (χ2v) is 19.2. The van der Waals surface area contributed by atoms with Gasteiger partial charge in [-0.2, -0.15) is 0 Å². The third-order valence-electron chi connectivity index (χ3n) is 12.6.